The summed E-state index contributed by atoms with van der Waals surface area (Å²) in [7, 11) is 0. The predicted octanol–water partition coefficient (Wildman–Crippen LogP) is 4.04. The standard InChI is InChI=1S/C25H24N2O5/c1-2-3-12-31-25(30)16-6-4-15(5-7-16)20-11-10-19(32-20)14-26-27-23(28)21-17-8-9-18(13-17)22(21)24(27)29/h4-11,14,17-18,21-22H,2-3,12-13H2,1H3. The molecule has 2 aliphatic carbocycles. The number of carbonyl (C=O) groups excluding carboxylic acids is 3. The number of amides is 2. The average Bonchev–Trinajstić information content (AvgIpc) is 3.58. The SMILES string of the molecule is CCCCOC(=O)c1ccc(-c2ccc(C=NN3C(=O)C4C5C=CC(C5)C4C3=O)o2)cc1. The third-order valence-corrected chi connectivity index (χ3v) is 6.51. The van der Waals surface area contributed by atoms with Crippen LogP contribution in [0.3, 0.4) is 0 Å². The molecule has 2 amide bonds. The summed E-state index contributed by atoms with van der Waals surface area (Å²) in [6.45, 7) is 2.46. The fourth-order valence-electron chi connectivity index (χ4n) is 4.86. The van der Waals surface area contributed by atoms with Crippen LogP contribution in [0.25, 0.3) is 11.3 Å². The van der Waals surface area contributed by atoms with Gasteiger partial charge in [-0.1, -0.05) is 37.6 Å². The highest BCUT2D eigenvalue weighted by molar-refractivity contribution is 6.06. The lowest BCUT2D eigenvalue weighted by atomic mass is 9.85. The van der Waals surface area contributed by atoms with Crippen molar-refractivity contribution in [3.05, 3.63) is 59.9 Å². The molecule has 4 unspecified atom stereocenters. The van der Waals surface area contributed by atoms with Crippen LogP contribution in [-0.2, 0) is 14.3 Å². The Hall–Kier alpha value is -3.48. The average molecular weight is 432 g/mol. The summed E-state index contributed by atoms with van der Waals surface area (Å²) in [5, 5.41) is 5.14. The third kappa shape index (κ3) is 3.47. The first-order chi connectivity index (χ1) is 15.6. The van der Waals surface area contributed by atoms with Gasteiger partial charge in [-0.05, 0) is 48.9 Å². The van der Waals surface area contributed by atoms with Crippen molar-refractivity contribution in [1.29, 1.82) is 0 Å². The highest BCUT2D eigenvalue weighted by Crippen LogP contribution is 2.52. The van der Waals surface area contributed by atoms with Crippen LogP contribution < -0.4 is 0 Å². The number of fused-ring (bicyclic) bond motifs is 5. The number of unbranched alkanes of at least 4 members (excludes halogenated alkanes) is 1. The maximum absolute atomic E-state index is 12.7. The van der Waals surface area contributed by atoms with E-state index in [9.17, 15) is 14.4 Å². The van der Waals surface area contributed by atoms with E-state index in [-0.39, 0.29) is 41.5 Å². The number of nitrogens with zero attached hydrogens (tertiary/aromatic N) is 2. The van der Waals surface area contributed by atoms with Crippen LogP contribution in [0.15, 0.2) is 58.1 Å². The van der Waals surface area contributed by atoms with Gasteiger partial charge in [-0.2, -0.15) is 10.1 Å². The Balaban J connectivity index is 1.25. The molecule has 2 aromatic rings. The second-order valence-corrected chi connectivity index (χ2v) is 8.50. The zero-order valence-corrected chi connectivity index (χ0v) is 17.8. The number of imide groups is 1. The molecule has 1 saturated heterocycles. The van der Waals surface area contributed by atoms with Gasteiger partial charge in [-0.3, -0.25) is 9.59 Å². The van der Waals surface area contributed by atoms with Gasteiger partial charge in [0.2, 0.25) is 0 Å². The van der Waals surface area contributed by atoms with E-state index in [1.54, 1.807) is 36.4 Å². The van der Waals surface area contributed by atoms with Gasteiger partial charge in [0.15, 0.2) is 0 Å². The maximum Gasteiger partial charge on any atom is 0.338 e. The van der Waals surface area contributed by atoms with Crippen LogP contribution in [-0.4, -0.2) is 35.6 Å². The number of carbonyl (C=O) groups is 3. The quantitative estimate of drug-likeness (QED) is 0.217. The summed E-state index contributed by atoms with van der Waals surface area (Å²) < 4.78 is 11.0. The van der Waals surface area contributed by atoms with Gasteiger partial charge in [0.25, 0.3) is 11.8 Å². The van der Waals surface area contributed by atoms with Crippen LogP contribution in [0.2, 0.25) is 0 Å². The smallest absolute Gasteiger partial charge is 0.338 e. The number of rotatable bonds is 7. The summed E-state index contributed by atoms with van der Waals surface area (Å²) in [6.07, 6.45) is 8.21. The highest BCUT2D eigenvalue weighted by Gasteiger charge is 2.59. The summed E-state index contributed by atoms with van der Waals surface area (Å²) in [4.78, 5) is 37.4. The van der Waals surface area contributed by atoms with Crippen molar-refractivity contribution in [3.8, 4) is 11.3 Å². The summed E-state index contributed by atoms with van der Waals surface area (Å²) in [5.74, 6) is 0.0149. The van der Waals surface area contributed by atoms with E-state index >= 15 is 0 Å². The number of esters is 1. The second kappa shape index (κ2) is 8.22. The van der Waals surface area contributed by atoms with E-state index in [0.717, 1.165) is 29.8 Å². The normalized spacial score (nSPS) is 25.8. The molecule has 4 atom stereocenters. The first-order valence-corrected chi connectivity index (χ1v) is 11.0. The zero-order valence-electron chi connectivity index (χ0n) is 17.8. The van der Waals surface area contributed by atoms with Crippen molar-refractivity contribution in [1.82, 2.24) is 5.01 Å². The fraction of sp³-hybridized carbons (Fsp3) is 0.360. The molecule has 164 valence electrons. The largest absolute Gasteiger partial charge is 0.462 e. The van der Waals surface area contributed by atoms with Crippen molar-refractivity contribution in [2.24, 2.45) is 28.8 Å². The van der Waals surface area contributed by atoms with Gasteiger partial charge < -0.3 is 9.15 Å². The van der Waals surface area contributed by atoms with Crippen molar-refractivity contribution in [2.45, 2.75) is 26.2 Å². The van der Waals surface area contributed by atoms with Crippen LogP contribution in [0, 0.1) is 23.7 Å². The van der Waals surface area contributed by atoms with Gasteiger partial charge >= 0.3 is 5.97 Å². The molecule has 7 nitrogen and oxygen atoms in total. The number of benzene rings is 1. The monoisotopic (exact) mass is 432 g/mol. The van der Waals surface area contributed by atoms with Gasteiger partial charge in [0.05, 0.1) is 30.2 Å². The minimum absolute atomic E-state index is 0.156. The molecule has 7 heteroatoms. The topological polar surface area (TPSA) is 89.2 Å². The minimum atomic E-state index is -0.342. The summed E-state index contributed by atoms with van der Waals surface area (Å²) >= 11 is 0. The van der Waals surface area contributed by atoms with Gasteiger partial charge in [-0.25, -0.2) is 4.79 Å². The number of furan rings is 1. The Morgan fingerprint density at radius 2 is 1.78 bits per heavy atom. The third-order valence-electron chi connectivity index (χ3n) is 6.51. The van der Waals surface area contributed by atoms with Crippen molar-refractivity contribution in [3.63, 3.8) is 0 Å². The van der Waals surface area contributed by atoms with Gasteiger partial charge in [0, 0.05) is 5.56 Å². The zero-order chi connectivity index (χ0) is 22.2. The Bertz CT molecular complexity index is 1080. The van der Waals surface area contributed by atoms with Crippen LogP contribution in [0.1, 0.15) is 42.3 Å². The number of hydrazone groups is 1. The number of allylic oxidation sites excluding steroid dienone is 2. The molecule has 2 bridgehead atoms. The molecule has 1 saturated carbocycles. The van der Waals surface area contributed by atoms with E-state index in [0.29, 0.717) is 23.7 Å². The van der Waals surface area contributed by atoms with Crippen molar-refractivity contribution < 1.29 is 23.5 Å². The lowest BCUT2D eigenvalue weighted by Crippen LogP contribution is -2.28. The molecule has 2 heterocycles. The second-order valence-electron chi connectivity index (χ2n) is 8.50. The van der Waals surface area contributed by atoms with Crippen molar-refractivity contribution in [2.75, 3.05) is 6.61 Å². The fourth-order valence-corrected chi connectivity index (χ4v) is 4.86. The molecule has 0 N–H and O–H groups in total. The van der Waals surface area contributed by atoms with Crippen molar-refractivity contribution >= 4 is 24.0 Å². The lowest BCUT2D eigenvalue weighted by molar-refractivity contribution is -0.140. The Labute approximate surface area is 185 Å². The first kappa shape index (κ1) is 20.4. The molecule has 1 aromatic carbocycles. The molecule has 5 rings (SSSR count). The van der Waals surface area contributed by atoms with Gasteiger partial charge in [0.1, 0.15) is 11.5 Å². The molecule has 1 aromatic heterocycles. The first-order valence-electron chi connectivity index (χ1n) is 11.0. The van der Waals surface area contributed by atoms with E-state index in [4.69, 9.17) is 9.15 Å². The Morgan fingerprint density at radius 3 is 2.44 bits per heavy atom. The predicted molar refractivity (Wildman–Crippen MR) is 116 cm³/mol. The molecule has 3 aliphatic rings. The summed E-state index contributed by atoms with van der Waals surface area (Å²) in [5.41, 5.74) is 1.28. The number of ether oxygens (including phenoxy) is 1. The number of hydrogen-bond acceptors (Lipinski definition) is 6. The Morgan fingerprint density at radius 1 is 1.09 bits per heavy atom. The van der Waals surface area contributed by atoms with E-state index in [1.807, 2.05) is 6.92 Å². The molecule has 1 aliphatic heterocycles. The molecule has 0 spiro atoms. The molecular weight excluding hydrogens is 408 g/mol. The van der Waals surface area contributed by atoms with E-state index in [1.165, 1.54) is 6.21 Å². The van der Waals surface area contributed by atoms with E-state index in [2.05, 4.69) is 17.3 Å². The molecule has 32 heavy (non-hydrogen) atoms. The highest BCUT2D eigenvalue weighted by atomic mass is 16.5. The van der Waals surface area contributed by atoms with Crippen LogP contribution >= 0.6 is 0 Å². The Kier molecular flexibility index (Phi) is 5.25. The maximum atomic E-state index is 12.7. The lowest BCUT2D eigenvalue weighted by Gasteiger charge is -2.13. The van der Waals surface area contributed by atoms with Crippen LogP contribution in [0.5, 0.6) is 0 Å². The van der Waals surface area contributed by atoms with E-state index < -0.39 is 0 Å². The number of hydrogen-bond donors (Lipinski definition) is 0. The molecule has 2 fully saturated rings. The summed E-state index contributed by atoms with van der Waals surface area (Å²) in [6, 6.07) is 10.5. The van der Waals surface area contributed by atoms with Crippen LogP contribution in [0.4, 0.5) is 0 Å². The molecular formula is C25H24N2O5. The minimum Gasteiger partial charge on any atom is -0.462 e. The van der Waals surface area contributed by atoms with Gasteiger partial charge in [-0.15, -0.1) is 0 Å². The molecule has 0 radical (unpaired) electrons.